The fraction of sp³-hybridized carbons (Fsp3) is 0.400. The molecule has 1 aromatic carbocycles. The molecule has 0 bridgehead atoms. The molecule has 0 saturated heterocycles. The molecule has 1 aromatic rings. The van der Waals surface area contributed by atoms with E-state index in [0.717, 1.165) is 20.4 Å². The summed E-state index contributed by atoms with van der Waals surface area (Å²) in [4.78, 5) is 0. The van der Waals surface area contributed by atoms with E-state index in [2.05, 4.69) is 27.9 Å². The lowest BCUT2D eigenvalue weighted by Gasteiger charge is -2.17. The summed E-state index contributed by atoms with van der Waals surface area (Å²) in [5, 5.41) is 12.2. The van der Waals surface area contributed by atoms with Crippen LogP contribution in [-0.2, 0) is 0 Å². The van der Waals surface area contributed by atoms with Crippen molar-refractivity contribution >= 4 is 28.3 Å². The summed E-state index contributed by atoms with van der Waals surface area (Å²) in [5.41, 5.74) is 8.74. The molecular formula is C10H15IN2O. The maximum atomic E-state index is 9.17. The second-order valence-corrected chi connectivity index (χ2v) is 4.50. The van der Waals surface area contributed by atoms with Gasteiger partial charge in [0.15, 0.2) is 0 Å². The molecule has 0 saturated carbocycles. The first-order valence-corrected chi connectivity index (χ1v) is 5.51. The summed E-state index contributed by atoms with van der Waals surface area (Å²) in [6.45, 7) is 2.03. The quantitative estimate of drug-likeness (QED) is 0.585. The number of nitrogens with one attached hydrogen (secondary N) is 1. The van der Waals surface area contributed by atoms with Crippen LogP contribution in [0.3, 0.4) is 0 Å². The van der Waals surface area contributed by atoms with Crippen molar-refractivity contribution in [2.24, 2.45) is 0 Å². The monoisotopic (exact) mass is 306 g/mol. The van der Waals surface area contributed by atoms with Crippen molar-refractivity contribution in [2.45, 2.75) is 13.0 Å². The number of hydrogen-bond acceptors (Lipinski definition) is 3. The molecule has 0 fully saturated rings. The van der Waals surface area contributed by atoms with Crippen LogP contribution in [0.5, 0.6) is 0 Å². The van der Waals surface area contributed by atoms with Crippen molar-refractivity contribution in [3.05, 3.63) is 26.8 Å². The average Bonchev–Trinajstić information content (AvgIpc) is 2.15. The maximum Gasteiger partial charge on any atom is 0.0627 e. The van der Waals surface area contributed by atoms with E-state index in [9.17, 15) is 0 Å². The molecular weight excluding hydrogens is 291 g/mol. The Bertz CT molecular complexity index is 324. The molecule has 78 valence electrons. The number of aliphatic hydroxyl groups is 1. The molecule has 0 radical (unpaired) electrons. The number of benzene rings is 1. The van der Waals surface area contributed by atoms with Gasteiger partial charge in [0.05, 0.1) is 12.6 Å². The third-order valence-corrected chi connectivity index (χ3v) is 2.91. The second-order valence-electron chi connectivity index (χ2n) is 3.25. The first-order valence-electron chi connectivity index (χ1n) is 4.43. The third kappa shape index (κ3) is 2.37. The van der Waals surface area contributed by atoms with Crippen molar-refractivity contribution in [3.63, 3.8) is 0 Å². The second kappa shape index (κ2) is 4.95. The van der Waals surface area contributed by atoms with E-state index in [1.807, 2.05) is 26.1 Å². The molecule has 14 heavy (non-hydrogen) atoms. The molecule has 0 spiro atoms. The Morgan fingerprint density at radius 1 is 1.57 bits per heavy atom. The topological polar surface area (TPSA) is 58.3 Å². The van der Waals surface area contributed by atoms with Crippen LogP contribution in [0, 0.1) is 10.5 Å². The minimum Gasteiger partial charge on any atom is -0.398 e. The number of aryl methyl sites for hydroxylation is 1. The van der Waals surface area contributed by atoms with Gasteiger partial charge >= 0.3 is 0 Å². The van der Waals surface area contributed by atoms with Crippen LogP contribution >= 0.6 is 22.6 Å². The normalized spacial score (nSPS) is 12.9. The van der Waals surface area contributed by atoms with Crippen LogP contribution in [0.4, 0.5) is 5.69 Å². The van der Waals surface area contributed by atoms with Crippen LogP contribution in [-0.4, -0.2) is 18.8 Å². The molecule has 4 heteroatoms. The number of anilines is 1. The molecule has 1 atom stereocenters. The van der Waals surface area contributed by atoms with Gasteiger partial charge in [0.2, 0.25) is 0 Å². The van der Waals surface area contributed by atoms with E-state index >= 15 is 0 Å². The minimum absolute atomic E-state index is 0.0558. The van der Waals surface area contributed by atoms with E-state index in [0.29, 0.717) is 0 Å². The standard InChI is InChI=1S/C10H15IN2O/c1-6-3-7(11)4-8(10(6)12)9(5-14)13-2/h3-4,9,13-14H,5,12H2,1-2H3. The zero-order valence-electron chi connectivity index (χ0n) is 8.34. The van der Waals surface area contributed by atoms with Crippen LogP contribution < -0.4 is 11.1 Å². The van der Waals surface area contributed by atoms with Crippen molar-refractivity contribution < 1.29 is 5.11 Å². The summed E-state index contributed by atoms with van der Waals surface area (Å²) >= 11 is 2.25. The Balaban J connectivity index is 3.18. The van der Waals surface area contributed by atoms with Crippen LogP contribution in [0.2, 0.25) is 0 Å². The summed E-state index contributed by atoms with van der Waals surface area (Å²) < 4.78 is 1.14. The highest BCUT2D eigenvalue weighted by molar-refractivity contribution is 14.1. The third-order valence-electron chi connectivity index (χ3n) is 2.29. The molecule has 3 nitrogen and oxygen atoms in total. The van der Waals surface area contributed by atoms with E-state index in [1.165, 1.54) is 0 Å². The summed E-state index contributed by atoms with van der Waals surface area (Å²) in [5.74, 6) is 0. The molecule has 4 N–H and O–H groups in total. The molecule has 1 unspecified atom stereocenters. The Kier molecular flexibility index (Phi) is 4.15. The van der Waals surface area contributed by atoms with Gasteiger partial charge in [-0.15, -0.1) is 0 Å². The fourth-order valence-electron chi connectivity index (χ4n) is 1.41. The molecule has 0 heterocycles. The smallest absolute Gasteiger partial charge is 0.0627 e. The van der Waals surface area contributed by atoms with Gasteiger partial charge in [-0.2, -0.15) is 0 Å². The minimum atomic E-state index is -0.0802. The Hall–Kier alpha value is -0.330. The zero-order valence-corrected chi connectivity index (χ0v) is 10.5. The number of aliphatic hydroxyl groups excluding tert-OH is 1. The van der Waals surface area contributed by atoms with Crippen molar-refractivity contribution in [2.75, 3.05) is 19.4 Å². The maximum absolute atomic E-state index is 9.17. The van der Waals surface area contributed by atoms with Crippen LogP contribution in [0.25, 0.3) is 0 Å². The van der Waals surface area contributed by atoms with Gasteiger partial charge in [-0.1, -0.05) is 0 Å². The molecule has 0 aliphatic heterocycles. The Morgan fingerprint density at radius 2 is 2.21 bits per heavy atom. The van der Waals surface area contributed by atoms with Crippen LogP contribution in [0.1, 0.15) is 17.2 Å². The highest BCUT2D eigenvalue weighted by Crippen LogP contribution is 2.25. The van der Waals surface area contributed by atoms with E-state index in [4.69, 9.17) is 10.8 Å². The Morgan fingerprint density at radius 3 is 2.71 bits per heavy atom. The highest BCUT2D eigenvalue weighted by Gasteiger charge is 2.13. The van der Waals surface area contributed by atoms with Crippen molar-refractivity contribution in [1.82, 2.24) is 5.32 Å². The average molecular weight is 306 g/mol. The van der Waals surface area contributed by atoms with Gasteiger partial charge < -0.3 is 16.2 Å². The number of halogens is 1. The van der Waals surface area contributed by atoms with Crippen LogP contribution in [0.15, 0.2) is 12.1 Å². The fourth-order valence-corrected chi connectivity index (χ4v) is 2.22. The van der Waals surface area contributed by atoms with Crippen molar-refractivity contribution in [3.8, 4) is 0 Å². The largest absolute Gasteiger partial charge is 0.398 e. The lowest BCUT2D eigenvalue weighted by molar-refractivity contribution is 0.251. The predicted molar refractivity (Wildman–Crippen MR) is 67.2 cm³/mol. The number of nitrogen functional groups attached to an aromatic ring is 1. The predicted octanol–water partition coefficient (Wildman–Crippen LogP) is 1.43. The molecule has 0 amide bonds. The summed E-state index contributed by atoms with van der Waals surface area (Å²) in [7, 11) is 1.82. The van der Waals surface area contributed by atoms with E-state index in [1.54, 1.807) is 0 Å². The van der Waals surface area contributed by atoms with Gasteiger partial charge in [-0.3, -0.25) is 0 Å². The lowest BCUT2D eigenvalue weighted by atomic mass is 10.0. The number of likely N-dealkylation sites (N-methyl/N-ethyl adjacent to an activating group) is 1. The van der Waals surface area contributed by atoms with Crippen molar-refractivity contribution in [1.29, 1.82) is 0 Å². The number of rotatable bonds is 3. The van der Waals surface area contributed by atoms with Gasteiger partial charge in [0.1, 0.15) is 0 Å². The molecule has 1 rings (SSSR count). The molecule has 0 aliphatic rings. The van der Waals surface area contributed by atoms with Gasteiger partial charge in [0, 0.05) is 9.26 Å². The van der Waals surface area contributed by atoms with Gasteiger partial charge in [-0.25, -0.2) is 0 Å². The number of nitrogens with two attached hydrogens (primary N) is 1. The first kappa shape index (κ1) is 11.7. The van der Waals surface area contributed by atoms with Gasteiger partial charge in [0.25, 0.3) is 0 Å². The zero-order chi connectivity index (χ0) is 10.7. The SMILES string of the molecule is CNC(CO)c1cc(I)cc(C)c1N. The summed E-state index contributed by atoms with van der Waals surface area (Å²) in [6.07, 6.45) is 0. The van der Waals surface area contributed by atoms with E-state index in [-0.39, 0.29) is 12.6 Å². The number of hydrogen-bond donors (Lipinski definition) is 3. The molecule has 0 aliphatic carbocycles. The lowest BCUT2D eigenvalue weighted by Crippen LogP contribution is -2.21. The first-order chi connectivity index (χ1) is 6.60. The highest BCUT2D eigenvalue weighted by atomic mass is 127. The molecule has 0 aromatic heterocycles. The van der Waals surface area contributed by atoms with E-state index < -0.39 is 0 Å². The van der Waals surface area contributed by atoms with Gasteiger partial charge in [-0.05, 0) is 59.8 Å². The Labute approximate surface area is 97.8 Å². The summed E-state index contributed by atoms with van der Waals surface area (Å²) in [6, 6.07) is 3.95.